The quantitative estimate of drug-likeness (QED) is 0.210. The number of nitrogens with zero attached hydrogens (tertiary/aromatic N) is 1. The monoisotopic (exact) mass is 572 g/mol. The largest absolute Gasteiger partial charge is 0.489 e. The summed E-state index contributed by atoms with van der Waals surface area (Å²) in [7, 11) is -1.93. The molecule has 0 radical (unpaired) electrons. The van der Waals surface area contributed by atoms with Crippen molar-refractivity contribution in [2.45, 2.75) is 55.1 Å². The van der Waals surface area contributed by atoms with Gasteiger partial charge in [0.25, 0.3) is 0 Å². The predicted octanol–water partition coefficient (Wildman–Crippen LogP) is 6.83. The maximum atomic E-state index is 12.8. The molecule has 2 aromatic carbocycles. The normalized spacial score (nSPS) is 12.0. The van der Waals surface area contributed by atoms with Crippen LogP contribution in [-0.2, 0) is 21.4 Å². The van der Waals surface area contributed by atoms with Crippen molar-refractivity contribution < 1.29 is 17.9 Å². The highest BCUT2D eigenvalue weighted by atomic mass is 32.2. The van der Waals surface area contributed by atoms with Gasteiger partial charge in [-0.3, -0.25) is 0 Å². The van der Waals surface area contributed by atoms with Gasteiger partial charge in [-0.25, -0.2) is 8.42 Å². The molecule has 7 heteroatoms. The average molecular weight is 573 g/mol. The number of allylic oxidation sites excluding steroid dienone is 2. The Morgan fingerprint density at radius 1 is 1.00 bits per heavy atom. The Labute approximate surface area is 245 Å². The van der Waals surface area contributed by atoms with Crippen molar-refractivity contribution in [2.75, 3.05) is 33.4 Å². The van der Waals surface area contributed by atoms with Crippen LogP contribution >= 0.6 is 0 Å². The molecule has 0 amide bonds. The van der Waals surface area contributed by atoms with Crippen LogP contribution in [0.2, 0.25) is 0 Å². The molecule has 0 saturated heterocycles. The minimum atomic E-state index is -3.50. The van der Waals surface area contributed by atoms with E-state index in [4.69, 9.17) is 15.2 Å². The van der Waals surface area contributed by atoms with Crippen molar-refractivity contribution in [3.8, 4) is 18.6 Å². The summed E-state index contributed by atoms with van der Waals surface area (Å²) < 4.78 is 37.6. The first kappa shape index (κ1) is 39.3. The topological polar surface area (TPSA) is 81.9 Å². The summed E-state index contributed by atoms with van der Waals surface area (Å²) in [6.45, 7) is 16.2. The molecule has 2 N–H and O–H groups in total. The highest BCUT2D eigenvalue weighted by Gasteiger charge is 2.26. The van der Waals surface area contributed by atoms with E-state index >= 15 is 0 Å². The third kappa shape index (κ3) is 16.9. The van der Waals surface area contributed by atoms with E-state index in [1.54, 1.807) is 32.3 Å². The summed E-state index contributed by atoms with van der Waals surface area (Å²) in [4.78, 5) is 0.296. The van der Waals surface area contributed by atoms with Crippen LogP contribution in [0.3, 0.4) is 0 Å². The van der Waals surface area contributed by atoms with Crippen LogP contribution in [0.4, 0.5) is 0 Å². The first-order valence-electron chi connectivity index (χ1n) is 13.7. The van der Waals surface area contributed by atoms with Gasteiger partial charge in [0.2, 0.25) is 10.0 Å². The van der Waals surface area contributed by atoms with E-state index in [1.807, 2.05) is 65.0 Å². The Hall–Kier alpha value is -2.89. The molecule has 0 spiro atoms. The second-order valence-electron chi connectivity index (χ2n) is 9.19. The van der Waals surface area contributed by atoms with Crippen molar-refractivity contribution in [1.29, 1.82) is 0 Å². The molecule has 1 unspecified atom stereocenters. The summed E-state index contributed by atoms with van der Waals surface area (Å²) in [5, 5.41) is 0. The molecule has 0 aliphatic heterocycles. The molecule has 0 aliphatic rings. The van der Waals surface area contributed by atoms with Crippen LogP contribution in [0, 0.1) is 31.6 Å². The van der Waals surface area contributed by atoms with Gasteiger partial charge >= 0.3 is 0 Å². The molecule has 0 bridgehead atoms. The van der Waals surface area contributed by atoms with Gasteiger partial charge in [-0.05, 0) is 56.0 Å². The number of hydrogen-bond acceptors (Lipinski definition) is 5. The fourth-order valence-electron chi connectivity index (χ4n) is 3.22. The van der Waals surface area contributed by atoms with Gasteiger partial charge in [0.1, 0.15) is 12.4 Å². The van der Waals surface area contributed by atoms with Gasteiger partial charge in [-0.15, -0.1) is 12.8 Å². The molecule has 0 aromatic heterocycles. The molecule has 0 saturated carbocycles. The minimum Gasteiger partial charge on any atom is -0.489 e. The molecule has 0 fully saturated rings. The smallest absolute Gasteiger partial charge is 0.242 e. The summed E-state index contributed by atoms with van der Waals surface area (Å²) >= 11 is 0. The Bertz CT molecular complexity index is 1060. The molecule has 40 heavy (non-hydrogen) atoms. The van der Waals surface area contributed by atoms with Crippen molar-refractivity contribution in [3.63, 3.8) is 0 Å². The van der Waals surface area contributed by atoms with Crippen molar-refractivity contribution in [3.05, 3.63) is 88.9 Å². The van der Waals surface area contributed by atoms with E-state index in [1.165, 1.54) is 15.4 Å². The van der Waals surface area contributed by atoms with E-state index in [0.717, 1.165) is 5.75 Å². The van der Waals surface area contributed by atoms with Gasteiger partial charge in [-0.1, -0.05) is 94.8 Å². The summed E-state index contributed by atoms with van der Waals surface area (Å²) in [5.74, 6) is 1.30. The van der Waals surface area contributed by atoms with Crippen molar-refractivity contribution >= 4 is 10.0 Å². The predicted molar refractivity (Wildman–Crippen MR) is 172 cm³/mol. The molecule has 2 aromatic rings. The number of rotatable bonds is 13. The van der Waals surface area contributed by atoms with E-state index in [9.17, 15) is 8.42 Å². The maximum absolute atomic E-state index is 12.8. The molecular formula is C33H52N2O4S. The molecule has 2 rings (SSSR count). The Morgan fingerprint density at radius 3 is 2.05 bits per heavy atom. The zero-order chi connectivity index (χ0) is 31.0. The van der Waals surface area contributed by atoms with Gasteiger partial charge in [0.15, 0.2) is 0 Å². The van der Waals surface area contributed by atoms with E-state index < -0.39 is 10.0 Å². The summed E-state index contributed by atoms with van der Waals surface area (Å²) in [6, 6.07) is 18.3. The SMILES string of the molecule is C#C.C/C=C(\C=C/COC)S(=O)(=O)N(CC(C)C)CC(C)CN.CC.Cc1ccc(OCc2ccccc2)cc1. The molecule has 0 heterocycles. The van der Waals surface area contributed by atoms with Crippen LogP contribution in [0.25, 0.3) is 0 Å². The molecular weight excluding hydrogens is 520 g/mol. The van der Waals surface area contributed by atoms with E-state index in [2.05, 4.69) is 44.0 Å². The number of methoxy groups -OCH3 is 1. The van der Waals surface area contributed by atoms with Crippen LogP contribution < -0.4 is 10.5 Å². The number of ether oxygens (including phenoxy) is 2. The van der Waals surface area contributed by atoms with E-state index in [0.29, 0.717) is 37.8 Å². The third-order valence-corrected chi connectivity index (χ3v) is 7.17. The average Bonchev–Trinajstić information content (AvgIpc) is 2.97. The van der Waals surface area contributed by atoms with Crippen LogP contribution in [0.1, 0.15) is 52.7 Å². The summed E-state index contributed by atoms with van der Waals surface area (Å²) in [5.41, 5.74) is 8.08. The van der Waals surface area contributed by atoms with Crippen molar-refractivity contribution in [2.24, 2.45) is 17.6 Å². The molecule has 224 valence electrons. The van der Waals surface area contributed by atoms with E-state index in [-0.39, 0.29) is 11.8 Å². The van der Waals surface area contributed by atoms with Crippen molar-refractivity contribution in [1.82, 2.24) is 4.31 Å². The Balaban J connectivity index is 0. The lowest BCUT2D eigenvalue weighted by Gasteiger charge is -2.26. The third-order valence-electron chi connectivity index (χ3n) is 5.22. The lowest BCUT2D eigenvalue weighted by molar-refractivity contribution is 0.234. The van der Waals surface area contributed by atoms with Crippen LogP contribution in [0.5, 0.6) is 5.75 Å². The number of sulfonamides is 1. The number of benzene rings is 2. The second kappa shape index (κ2) is 24.0. The Morgan fingerprint density at radius 2 is 1.57 bits per heavy atom. The summed E-state index contributed by atoms with van der Waals surface area (Å²) in [6.07, 6.45) is 12.9. The van der Waals surface area contributed by atoms with Crippen LogP contribution in [-0.4, -0.2) is 46.1 Å². The van der Waals surface area contributed by atoms with Gasteiger partial charge in [0.05, 0.1) is 11.5 Å². The fraction of sp³-hybridized carbons (Fsp3) is 0.455. The highest BCUT2D eigenvalue weighted by molar-refractivity contribution is 7.93. The molecule has 6 nitrogen and oxygen atoms in total. The standard InChI is InChI=1S/C15H30N2O3S.C14H14O.C2H6.C2H2/c1-6-15(8-7-9-20-5)21(18,19)17(11-13(2)3)12-14(4)10-16;1-12-7-9-14(10-8-12)15-11-13-5-3-2-4-6-13;2*1-2/h6-8,13-14H,9-12,16H2,1-5H3;2-10H,11H2,1H3;1-2H3;1-2H/b8-7-,15-6+;;;. The number of hydrogen-bond donors (Lipinski definition) is 1. The Kier molecular flexibility index (Phi) is 23.5. The van der Waals surface area contributed by atoms with Gasteiger partial charge in [0, 0.05) is 20.2 Å². The molecule has 0 aliphatic carbocycles. The first-order valence-corrected chi connectivity index (χ1v) is 15.2. The number of aryl methyl sites for hydroxylation is 1. The highest BCUT2D eigenvalue weighted by Crippen LogP contribution is 2.18. The number of nitrogens with two attached hydrogens (primary N) is 1. The van der Waals surface area contributed by atoms with Gasteiger partial charge in [-0.2, -0.15) is 4.31 Å². The zero-order valence-electron chi connectivity index (χ0n) is 25.8. The number of terminal acetylenes is 1. The zero-order valence-corrected chi connectivity index (χ0v) is 26.7. The maximum Gasteiger partial charge on any atom is 0.242 e. The minimum absolute atomic E-state index is 0.125. The second-order valence-corrected chi connectivity index (χ2v) is 11.1. The lowest BCUT2D eigenvalue weighted by Crippen LogP contribution is -2.39. The fourth-order valence-corrected chi connectivity index (χ4v) is 5.03. The molecule has 1 atom stereocenters. The lowest BCUT2D eigenvalue weighted by atomic mass is 10.1. The van der Waals surface area contributed by atoms with Crippen LogP contribution in [0.15, 0.2) is 77.7 Å². The first-order chi connectivity index (χ1) is 19.1. The van der Waals surface area contributed by atoms with Gasteiger partial charge < -0.3 is 15.2 Å².